The van der Waals surface area contributed by atoms with Crippen LogP contribution in [0.25, 0.3) is 22.5 Å². The Labute approximate surface area is 165 Å². The van der Waals surface area contributed by atoms with E-state index in [-0.39, 0.29) is 34.6 Å². The number of nitrogens with zero attached hydrogens (tertiary/aromatic N) is 5. The molecular formula is C18H21N9O2. The second kappa shape index (κ2) is 7.00. The van der Waals surface area contributed by atoms with Crippen molar-refractivity contribution in [1.82, 2.24) is 35.3 Å². The van der Waals surface area contributed by atoms with Gasteiger partial charge in [0.2, 0.25) is 11.8 Å². The number of aliphatic hydroxyl groups excluding tert-OH is 1. The Balaban J connectivity index is 1.77. The van der Waals surface area contributed by atoms with Crippen LogP contribution in [0.1, 0.15) is 41.8 Å². The van der Waals surface area contributed by atoms with Crippen molar-refractivity contribution in [3.8, 4) is 5.95 Å². The highest BCUT2D eigenvalue weighted by Gasteiger charge is 2.24. The molecule has 1 fully saturated rings. The van der Waals surface area contributed by atoms with Gasteiger partial charge in [0.05, 0.1) is 17.4 Å². The Bertz CT molecular complexity index is 1150. The molecule has 6 N–H and O–H groups in total. The van der Waals surface area contributed by atoms with Gasteiger partial charge in [-0.25, -0.2) is 5.10 Å². The maximum atomic E-state index is 11.8. The summed E-state index contributed by atoms with van der Waals surface area (Å²) >= 11 is 0. The topological polar surface area (TPSA) is 171 Å². The van der Waals surface area contributed by atoms with Gasteiger partial charge in [0.15, 0.2) is 11.5 Å². The van der Waals surface area contributed by atoms with Gasteiger partial charge in [-0.1, -0.05) is 0 Å². The van der Waals surface area contributed by atoms with Crippen LogP contribution in [0.5, 0.6) is 0 Å². The molecule has 0 atom stereocenters. The average Bonchev–Trinajstić information content (AvgIpc) is 3.24. The van der Waals surface area contributed by atoms with E-state index in [0.29, 0.717) is 23.4 Å². The molecule has 0 saturated heterocycles. The molecule has 3 aromatic rings. The van der Waals surface area contributed by atoms with Gasteiger partial charge in [-0.15, -0.1) is 0 Å². The number of aryl methyl sites for hydroxylation is 1. The van der Waals surface area contributed by atoms with Crippen LogP contribution in [0.15, 0.2) is 18.0 Å². The molecule has 11 nitrogen and oxygen atoms in total. The second-order valence-corrected chi connectivity index (χ2v) is 7.12. The van der Waals surface area contributed by atoms with Crippen LogP contribution in [-0.2, 0) is 0 Å². The fraction of sp³-hybridized carbons (Fsp3) is 0.333. The monoisotopic (exact) mass is 395 g/mol. The summed E-state index contributed by atoms with van der Waals surface area (Å²) in [6.07, 6.45) is 3.84. The molecular weight excluding hydrogens is 374 g/mol. The number of aromatic nitrogens is 6. The minimum absolute atomic E-state index is 0.00474. The molecule has 0 unspecified atom stereocenters. The summed E-state index contributed by atoms with van der Waals surface area (Å²) < 4.78 is 1.39. The lowest BCUT2D eigenvalue weighted by Crippen LogP contribution is -2.20. The van der Waals surface area contributed by atoms with Crippen molar-refractivity contribution in [3.05, 3.63) is 35.2 Å². The second-order valence-electron chi connectivity index (χ2n) is 7.12. The first-order valence-electron chi connectivity index (χ1n) is 9.16. The summed E-state index contributed by atoms with van der Waals surface area (Å²) in [5.74, 6) is 0.0719. The highest BCUT2D eigenvalue weighted by Crippen LogP contribution is 2.28. The quantitative estimate of drug-likeness (QED) is 0.295. The maximum absolute atomic E-state index is 11.8. The fourth-order valence-corrected chi connectivity index (χ4v) is 2.95. The number of pyridine rings is 1. The van der Waals surface area contributed by atoms with Gasteiger partial charge in [-0.3, -0.25) is 9.78 Å². The van der Waals surface area contributed by atoms with Gasteiger partial charge in [0.25, 0.3) is 5.91 Å². The predicted octanol–water partition coefficient (Wildman–Crippen LogP) is 1.21. The lowest BCUT2D eigenvalue weighted by Gasteiger charge is -2.09. The number of hydrogen-bond acceptors (Lipinski definition) is 8. The minimum Gasteiger partial charge on any atom is -0.504 e. The number of carbonyl (C=O) groups excluding carboxylic acids is 1. The zero-order valence-corrected chi connectivity index (χ0v) is 16.0. The summed E-state index contributed by atoms with van der Waals surface area (Å²) in [5, 5.41) is 33.0. The van der Waals surface area contributed by atoms with E-state index in [4.69, 9.17) is 11.1 Å². The number of nitrogens with two attached hydrogens (primary N) is 1. The first-order valence-corrected chi connectivity index (χ1v) is 9.16. The van der Waals surface area contributed by atoms with Gasteiger partial charge >= 0.3 is 0 Å². The standard InChI is InChI=1S/C18H21N9O2/c1-8-5-11-12(7-21-8)27(26-13(11)16(20)29)18-23-17(24-25-18)14(15(28)9(2)19)22-6-10-3-4-10/h5,7,10,19,22,28H,3-4,6H2,1-2H3,(H2,20,29)(H,23,24,25)/b15-14+,19-9?. The van der Waals surface area contributed by atoms with Crippen molar-refractivity contribution in [2.45, 2.75) is 26.7 Å². The fourth-order valence-electron chi connectivity index (χ4n) is 2.95. The Hall–Kier alpha value is -3.76. The van der Waals surface area contributed by atoms with Crippen molar-refractivity contribution < 1.29 is 9.90 Å². The maximum Gasteiger partial charge on any atom is 0.269 e. The number of primary amides is 1. The van der Waals surface area contributed by atoms with Crippen LogP contribution in [0.2, 0.25) is 0 Å². The Kier molecular flexibility index (Phi) is 4.49. The number of H-pyrrole nitrogens is 1. The van der Waals surface area contributed by atoms with E-state index >= 15 is 0 Å². The summed E-state index contributed by atoms with van der Waals surface area (Å²) in [6.45, 7) is 3.95. The zero-order valence-electron chi connectivity index (χ0n) is 16.0. The molecule has 29 heavy (non-hydrogen) atoms. The molecule has 3 heterocycles. The summed E-state index contributed by atoms with van der Waals surface area (Å²) in [7, 11) is 0. The SMILES string of the molecule is CC(=N)/C(O)=C(\NCC1CC1)c1n[nH]c(-n2nc(C(N)=O)c3cc(C)ncc32)n1. The predicted molar refractivity (Wildman–Crippen MR) is 106 cm³/mol. The number of hydrogen-bond donors (Lipinski definition) is 5. The van der Waals surface area contributed by atoms with Crippen molar-refractivity contribution >= 4 is 28.2 Å². The van der Waals surface area contributed by atoms with Crippen LogP contribution < -0.4 is 11.1 Å². The van der Waals surface area contributed by atoms with Crippen LogP contribution in [0.3, 0.4) is 0 Å². The van der Waals surface area contributed by atoms with Crippen molar-refractivity contribution in [2.24, 2.45) is 11.7 Å². The lowest BCUT2D eigenvalue weighted by molar-refractivity contribution is 0.0996. The highest BCUT2D eigenvalue weighted by atomic mass is 16.3. The molecule has 1 aliphatic rings. The number of nitrogens with one attached hydrogen (secondary N) is 3. The Morgan fingerprint density at radius 1 is 1.48 bits per heavy atom. The molecule has 1 amide bonds. The smallest absolute Gasteiger partial charge is 0.269 e. The van der Waals surface area contributed by atoms with Gasteiger partial charge in [-0.2, -0.15) is 19.9 Å². The molecule has 0 spiro atoms. The van der Waals surface area contributed by atoms with Gasteiger partial charge in [-0.05, 0) is 38.7 Å². The average molecular weight is 395 g/mol. The molecule has 0 radical (unpaired) electrons. The first kappa shape index (κ1) is 18.6. The lowest BCUT2D eigenvalue weighted by atomic mass is 10.2. The first-order chi connectivity index (χ1) is 13.8. The van der Waals surface area contributed by atoms with E-state index < -0.39 is 5.91 Å². The third-order valence-corrected chi connectivity index (χ3v) is 4.69. The van der Waals surface area contributed by atoms with E-state index in [1.54, 1.807) is 19.2 Å². The van der Waals surface area contributed by atoms with Crippen molar-refractivity contribution in [3.63, 3.8) is 0 Å². The van der Waals surface area contributed by atoms with Gasteiger partial charge < -0.3 is 21.6 Å². The van der Waals surface area contributed by atoms with Crippen molar-refractivity contribution in [2.75, 3.05) is 6.54 Å². The summed E-state index contributed by atoms with van der Waals surface area (Å²) in [6, 6.07) is 1.73. The molecule has 0 bridgehead atoms. The number of aliphatic hydroxyl groups is 1. The normalized spacial score (nSPS) is 14.7. The van der Waals surface area contributed by atoms with E-state index in [1.165, 1.54) is 11.6 Å². The molecule has 150 valence electrons. The number of amides is 1. The van der Waals surface area contributed by atoms with E-state index in [2.05, 4.69) is 30.6 Å². The minimum atomic E-state index is -0.664. The number of aromatic amines is 1. The van der Waals surface area contributed by atoms with Gasteiger partial charge in [0.1, 0.15) is 5.70 Å². The molecule has 11 heteroatoms. The van der Waals surface area contributed by atoms with E-state index in [9.17, 15) is 9.90 Å². The number of rotatable bonds is 7. The van der Waals surface area contributed by atoms with Crippen LogP contribution in [-0.4, -0.2) is 53.2 Å². The third-order valence-electron chi connectivity index (χ3n) is 4.69. The van der Waals surface area contributed by atoms with E-state index in [0.717, 1.165) is 18.5 Å². The van der Waals surface area contributed by atoms with Crippen molar-refractivity contribution in [1.29, 1.82) is 5.41 Å². The van der Waals surface area contributed by atoms with Gasteiger partial charge in [0, 0.05) is 17.6 Å². The van der Waals surface area contributed by atoms with Crippen LogP contribution in [0.4, 0.5) is 0 Å². The molecule has 1 aliphatic carbocycles. The molecule has 4 rings (SSSR count). The number of allylic oxidation sites excluding steroid dienone is 1. The summed E-state index contributed by atoms with van der Waals surface area (Å²) in [5.41, 5.74) is 7.09. The molecule has 0 aliphatic heterocycles. The van der Waals surface area contributed by atoms with Crippen LogP contribution >= 0.6 is 0 Å². The van der Waals surface area contributed by atoms with Crippen LogP contribution in [0, 0.1) is 18.3 Å². The highest BCUT2D eigenvalue weighted by molar-refractivity contribution is 6.04. The zero-order chi connectivity index (χ0) is 20.7. The molecule has 1 saturated carbocycles. The van der Waals surface area contributed by atoms with E-state index in [1.807, 2.05) is 0 Å². The molecule has 3 aromatic heterocycles. The summed E-state index contributed by atoms with van der Waals surface area (Å²) in [4.78, 5) is 20.5. The number of carbonyl (C=O) groups is 1. The molecule has 0 aromatic carbocycles. The third kappa shape index (κ3) is 3.53. The number of fused-ring (bicyclic) bond motifs is 1. The Morgan fingerprint density at radius 2 is 2.24 bits per heavy atom. The Morgan fingerprint density at radius 3 is 2.90 bits per heavy atom. The largest absolute Gasteiger partial charge is 0.504 e.